The highest BCUT2D eigenvalue weighted by Gasteiger charge is 2.23. The molecule has 3 rings (SSSR count). The molecule has 1 saturated heterocycles. The maximum Gasteiger partial charge on any atom is 0.220 e. The van der Waals surface area contributed by atoms with Crippen LogP contribution in [0, 0.1) is 17.6 Å². The van der Waals surface area contributed by atoms with Gasteiger partial charge in [-0.3, -0.25) is 4.79 Å². The molecule has 1 unspecified atom stereocenters. The Balaban J connectivity index is 1.34. The fraction of sp³-hybridized carbons (Fsp3) is 0.435. The van der Waals surface area contributed by atoms with Gasteiger partial charge in [-0.2, -0.15) is 0 Å². The number of hydrogen-bond acceptors (Lipinski definition) is 4. The third kappa shape index (κ3) is 6.08. The first kappa shape index (κ1) is 21.9. The van der Waals surface area contributed by atoms with Gasteiger partial charge in [-0.05, 0) is 49.9 Å². The second kappa shape index (κ2) is 10.8. The number of anilines is 1. The van der Waals surface area contributed by atoms with Gasteiger partial charge in [0.25, 0.3) is 0 Å². The first-order valence-electron chi connectivity index (χ1n) is 10.4. The summed E-state index contributed by atoms with van der Waals surface area (Å²) < 4.78 is 37.8. The zero-order chi connectivity index (χ0) is 21.3. The van der Waals surface area contributed by atoms with Crippen molar-refractivity contribution in [3.63, 3.8) is 0 Å². The molecule has 1 heterocycles. The Morgan fingerprint density at radius 3 is 2.63 bits per heavy atom. The molecular weight excluding hydrogens is 390 g/mol. The van der Waals surface area contributed by atoms with Gasteiger partial charge in [0.05, 0.1) is 13.2 Å². The molecule has 162 valence electrons. The molecular formula is C23H28F2N2O3. The van der Waals surface area contributed by atoms with E-state index in [1.54, 1.807) is 6.07 Å². The van der Waals surface area contributed by atoms with Crippen molar-refractivity contribution in [2.75, 3.05) is 37.7 Å². The summed E-state index contributed by atoms with van der Waals surface area (Å²) in [6, 6.07) is 11.4. The first-order valence-corrected chi connectivity index (χ1v) is 10.4. The molecule has 2 aromatic carbocycles. The molecule has 1 atom stereocenters. The summed E-state index contributed by atoms with van der Waals surface area (Å²) in [4.78, 5) is 14.1. The van der Waals surface area contributed by atoms with Crippen LogP contribution in [-0.2, 0) is 4.79 Å². The lowest BCUT2D eigenvalue weighted by Gasteiger charge is -2.19. The molecule has 1 fully saturated rings. The average molecular weight is 418 g/mol. The zero-order valence-corrected chi connectivity index (χ0v) is 17.2. The smallest absolute Gasteiger partial charge is 0.220 e. The topological polar surface area (TPSA) is 50.8 Å². The van der Waals surface area contributed by atoms with Crippen molar-refractivity contribution < 1.29 is 23.0 Å². The highest BCUT2D eigenvalue weighted by molar-refractivity contribution is 5.75. The van der Waals surface area contributed by atoms with Crippen LogP contribution in [0.25, 0.3) is 0 Å². The van der Waals surface area contributed by atoms with E-state index in [9.17, 15) is 13.6 Å². The Kier molecular flexibility index (Phi) is 7.88. The van der Waals surface area contributed by atoms with Gasteiger partial charge in [-0.1, -0.05) is 12.1 Å². The van der Waals surface area contributed by atoms with Gasteiger partial charge in [0.2, 0.25) is 5.91 Å². The Morgan fingerprint density at radius 1 is 1.13 bits per heavy atom. The molecule has 0 radical (unpaired) electrons. The molecule has 1 aliphatic heterocycles. The minimum absolute atomic E-state index is 0.0111. The van der Waals surface area contributed by atoms with Gasteiger partial charge in [-0.15, -0.1) is 0 Å². The lowest BCUT2D eigenvalue weighted by molar-refractivity contribution is -0.121. The molecule has 1 N–H and O–H groups in total. The quantitative estimate of drug-likeness (QED) is 0.589. The van der Waals surface area contributed by atoms with E-state index in [-0.39, 0.29) is 11.8 Å². The number of hydrogen-bond donors (Lipinski definition) is 1. The summed E-state index contributed by atoms with van der Waals surface area (Å²) in [7, 11) is 0. The number of carbonyl (C=O) groups excluding carboxylic acids is 1. The minimum Gasteiger partial charge on any atom is -0.490 e. The lowest BCUT2D eigenvalue weighted by Crippen LogP contribution is -2.31. The maximum atomic E-state index is 13.4. The van der Waals surface area contributed by atoms with Crippen LogP contribution < -0.4 is 19.7 Å². The summed E-state index contributed by atoms with van der Waals surface area (Å²) in [6.07, 6.45) is 1.89. The van der Waals surface area contributed by atoms with Crippen molar-refractivity contribution in [2.45, 2.75) is 26.2 Å². The van der Waals surface area contributed by atoms with E-state index in [0.29, 0.717) is 56.3 Å². The van der Waals surface area contributed by atoms with Crippen molar-refractivity contribution in [1.82, 2.24) is 5.32 Å². The van der Waals surface area contributed by atoms with Crippen LogP contribution in [0.5, 0.6) is 11.5 Å². The number of ether oxygens (including phenoxy) is 2. The normalized spacial score (nSPS) is 15.8. The number of para-hydroxylation sites is 2. The highest BCUT2D eigenvalue weighted by atomic mass is 19.2. The number of nitrogens with one attached hydrogen (secondary N) is 1. The number of rotatable bonds is 10. The number of carbonyl (C=O) groups is 1. The van der Waals surface area contributed by atoms with Gasteiger partial charge >= 0.3 is 0 Å². The zero-order valence-electron chi connectivity index (χ0n) is 17.2. The van der Waals surface area contributed by atoms with Gasteiger partial charge in [0.15, 0.2) is 23.1 Å². The molecule has 5 nitrogen and oxygen atoms in total. The van der Waals surface area contributed by atoms with Gasteiger partial charge in [0.1, 0.15) is 0 Å². The van der Waals surface area contributed by atoms with Crippen LogP contribution in [0.15, 0.2) is 42.5 Å². The molecule has 2 aromatic rings. The van der Waals surface area contributed by atoms with Gasteiger partial charge in [-0.25, -0.2) is 8.78 Å². The molecule has 0 bridgehead atoms. The number of benzene rings is 2. The van der Waals surface area contributed by atoms with E-state index in [1.165, 1.54) is 6.07 Å². The third-order valence-electron chi connectivity index (χ3n) is 5.10. The van der Waals surface area contributed by atoms with Crippen LogP contribution in [0.2, 0.25) is 0 Å². The summed E-state index contributed by atoms with van der Waals surface area (Å²) in [5.74, 6) is -0.0128. The largest absolute Gasteiger partial charge is 0.490 e. The highest BCUT2D eigenvalue weighted by Crippen LogP contribution is 2.27. The standard InChI is InChI=1S/C23H28F2N2O3/c1-2-29-21-6-3-4-7-22(21)30-13-5-8-23(28)26-15-17-11-12-27(16-17)18-9-10-19(24)20(25)14-18/h3-4,6-7,9-10,14,17H,2,5,8,11-13,15-16H2,1H3,(H,26,28). The molecule has 0 aliphatic carbocycles. The lowest BCUT2D eigenvalue weighted by atomic mass is 10.1. The van der Waals surface area contributed by atoms with Crippen LogP contribution in [-0.4, -0.2) is 38.8 Å². The summed E-state index contributed by atoms with van der Waals surface area (Å²) in [6.45, 7) is 4.97. The number of nitrogens with zero attached hydrogens (tertiary/aromatic N) is 1. The van der Waals surface area contributed by atoms with Gasteiger partial charge < -0.3 is 19.7 Å². The van der Waals surface area contributed by atoms with E-state index in [1.807, 2.05) is 36.1 Å². The second-order valence-corrected chi connectivity index (χ2v) is 7.33. The Hall–Kier alpha value is -2.83. The monoisotopic (exact) mass is 418 g/mol. The van der Waals surface area contributed by atoms with E-state index < -0.39 is 11.6 Å². The minimum atomic E-state index is -0.841. The van der Waals surface area contributed by atoms with Crippen LogP contribution in [0.4, 0.5) is 14.5 Å². The van der Waals surface area contributed by atoms with Crippen LogP contribution >= 0.6 is 0 Å². The van der Waals surface area contributed by atoms with Crippen LogP contribution in [0.3, 0.4) is 0 Å². The fourth-order valence-corrected chi connectivity index (χ4v) is 3.52. The van der Waals surface area contributed by atoms with Gasteiger partial charge in [0, 0.05) is 37.8 Å². The summed E-state index contributed by atoms with van der Waals surface area (Å²) in [5, 5.41) is 2.97. The van der Waals surface area contributed by atoms with Crippen molar-refractivity contribution in [1.29, 1.82) is 0 Å². The predicted octanol–water partition coefficient (Wildman–Crippen LogP) is 4.17. The SMILES string of the molecule is CCOc1ccccc1OCCCC(=O)NCC1CCN(c2ccc(F)c(F)c2)C1. The van der Waals surface area contributed by atoms with E-state index in [0.717, 1.165) is 19.0 Å². The van der Waals surface area contributed by atoms with E-state index in [2.05, 4.69) is 5.32 Å². The Labute approximate surface area is 176 Å². The van der Waals surface area contributed by atoms with Crippen molar-refractivity contribution in [3.8, 4) is 11.5 Å². The summed E-state index contributed by atoms with van der Waals surface area (Å²) in [5.41, 5.74) is 0.673. The predicted molar refractivity (Wildman–Crippen MR) is 112 cm³/mol. The van der Waals surface area contributed by atoms with Crippen molar-refractivity contribution in [3.05, 3.63) is 54.1 Å². The van der Waals surface area contributed by atoms with E-state index >= 15 is 0 Å². The molecule has 1 amide bonds. The maximum absolute atomic E-state index is 13.4. The average Bonchev–Trinajstić information content (AvgIpc) is 3.22. The number of halogens is 2. The molecule has 1 aliphatic rings. The second-order valence-electron chi connectivity index (χ2n) is 7.33. The molecule has 0 saturated carbocycles. The van der Waals surface area contributed by atoms with Crippen LogP contribution in [0.1, 0.15) is 26.2 Å². The van der Waals surface area contributed by atoms with Crippen molar-refractivity contribution >= 4 is 11.6 Å². The molecule has 0 spiro atoms. The molecule has 30 heavy (non-hydrogen) atoms. The number of amides is 1. The van der Waals surface area contributed by atoms with Crippen molar-refractivity contribution in [2.24, 2.45) is 5.92 Å². The molecule has 7 heteroatoms. The molecule has 0 aromatic heterocycles. The fourth-order valence-electron chi connectivity index (χ4n) is 3.52. The summed E-state index contributed by atoms with van der Waals surface area (Å²) >= 11 is 0. The van der Waals surface area contributed by atoms with E-state index in [4.69, 9.17) is 9.47 Å². The first-order chi connectivity index (χ1) is 14.6. The Morgan fingerprint density at radius 2 is 1.90 bits per heavy atom. The Bertz CT molecular complexity index is 847. The third-order valence-corrected chi connectivity index (χ3v) is 5.10.